The molecule has 0 radical (unpaired) electrons. The van der Waals surface area contributed by atoms with Crippen molar-refractivity contribution in [3.8, 4) is 0 Å². The fraction of sp³-hybridized carbons (Fsp3) is 0.304. The fourth-order valence-corrected chi connectivity index (χ4v) is 3.92. The highest BCUT2D eigenvalue weighted by Gasteiger charge is 2.38. The summed E-state index contributed by atoms with van der Waals surface area (Å²) in [4.78, 5) is 49.6. The highest BCUT2D eigenvalue weighted by Crippen LogP contribution is 2.35. The molecule has 0 amide bonds. The molecular weight excluding hydrogens is 455 g/mol. The zero-order chi connectivity index (χ0) is 25.2. The number of ketones is 3. The van der Waals surface area contributed by atoms with Crippen LogP contribution in [0.5, 0.6) is 0 Å². The maximum absolute atomic E-state index is 13.2. The minimum atomic E-state index is -5.08. The number of hydrogen-bond donors (Lipinski definition) is 3. The number of carboxylic acids is 1. The van der Waals surface area contributed by atoms with Crippen molar-refractivity contribution in [1.29, 1.82) is 0 Å². The van der Waals surface area contributed by atoms with E-state index in [1.54, 1.807) is 43.3 Å². The molecule has 1 aliphatic carbocycles. The normalized spacial score (nSPS) is 18.3. The largest absolute Gasteiger partial charge is 0.490 e. The van der Waals surface area contributed by atoms with E-state index in [1.807, 2.05) is 11.0 Å². The first-order valence-corrected chi connectivity index (χ1v) is 10.3. The number of alkyl halides is 3. The van der Waals surface area contributed by atoms with Crippen LogP contribution in [0.25, 0.3) is 0 Å². The third kappa shape index (κ3) is 4.85. The fourth-order valence-electron chi connectivity index (χ4n) is 3.92. The molecule has 0 bridgehead atoms. The monoisotopic (exact) mass is 477 g/mol. The number of halogens is 3. The zero-order valence-electron chi connectivity index (χ0n) is 18.1. The van der Waals surface area contributed by atoms with Gasteiger partial charge < -0.3 is 21.1 Å². The quantitative estimate of drug-likeness (QED) is 0.521. The Morgan fingerprint density at radius 2 is 1.62 bits per heavy atom. The summed E-state index contributed by atoms with van der Waals surface area (Å²) >= 11 is 0. The molecule has 2 aliphatic rings. The molecule has 11 heteroatoms. The summed E-state index contributed by atoms with van der Waals surface area (Å²) in [7, 11) is 0. The smallest absolute Gasteiger partial charge is 0.475 e. The Morgan fingerprint density at radius 1 is 1.06 bits per heavy atom. The number of carbonyl (C=O) groups excluding carboxylic acids is 3. The number of nitrogens with zero attached hydrogens (tertiary/aromatic N) is 1. The molecule has 2 atom stereocenters. The van der Waals surface area contributed by atoms with Gasteiger partial charge in [-0.3, -0.25) is 14.4 Å². The van der Waals surface area contributed by atoms with Crippen molar-refractivity contribution in [2.75, 3.05) is 24.5 Å². The Bertz CT molecular complexity index is 1150. The van der Waals surface area contributed by atoms with Gasteiger partial charge in [0.05, 0.1) is 11.6 Å². The number of benzene rings is 2. The number of Topliss-reactive ketones (excluding diaryl/α,β-unsaturated/α-hetero) is 1. The molecule has 0 saturated carbocycles. The number of nitrogens with two attached hydrogens (primary N) is 1. The van der Waals surface area contributed by atoms with E-state index >= 15 is 0 Å². The third-order valence-electron chi connectivity index (χ3n) is 5.50. The number of hydrogen-bond acceptors (Lipinski definition) is 7. The summed E-state index contributed by atoms with van der Waals surface area (Å²) in [6, 6.07) is 11.1. The van der Waals surface area contributed by atoms with Gasteiger partial charge in [0.1, 0.15) is 6.04 Å². The van der Waals surface area contributed by atoms with Crippen molar-refractivity contribution in [2.45, 2.75) is 25.2 Å². The molecule has 1 unspecified atom stereocenters. The third-order valence-corrected chi connectivity index (χ3v) is 5.50. The van der Waals surface area contributed by atoms with Crippen LogP contribution >= 0.6 is 0 Å². The molecule has 2 aromatic carbocycles. The van der Waals surface area contributed by atoms with Crippen molar-refractivity contribution in [2.24, 2.45) is 5.73 Å². The maximum atomic E-state index is 13.2. The predicted octanol–water partition coefficient (Wildman–Crippen LogP) is 1.79. The first-order valence-electron chi connectivity index (χ1n) is 10.3. The van der Waals surface area contributed by atoms with Gasteiger partial charge in [0, 0.05) is 42.0 Å². The predicted molar refractivity (Wildman–Crippen MR) is 116 cm³/mol. The first kappa shape index (κ1) is 25.1. The van der Waals surface area contributed by atoms with Crippen LogP contribution in [0.1, 0.15) is 38.8 Å². The molecule has 1 fully saturated rings. The average Bonchev–Trinajstić information content (AvgIpc) is 2.81. The topological polar surface area (TPSA) is 130 Å². The van der Waals surface area contributed by atoms with Gasteiger partial charge in [0.25, 0.3) is 0 Å². The van der Waals surface area contributed by atoms with Crippen LogP contribution in [0.3, 0.4) is 0 Å². The van der Waals surface area contributed by atoms with E-state index in [0.717, 1.165) is 0 Å². The van der Waals surface area contributed by atoms with Gasteiger partial charge in [-0.15, -0.1) is 0 Å². The van der Waals surface area contributed by atoms with Gasteiger partial charge in [0.2, 0.25) is 0 Å². The number of rotatable bonds is 3. The number of fused-ring (bicyclic) bond motifs is 2. The van der Waals surface area contributed by atoms with Crippen LogP contribution in [-0.4, -0.2) is 66.3 Å². The summed E-state index contributed by atoms with van der Waals surface area (Å²) < 4.78 is 31.7. The lowest BCUT2D eigenvalue weighted by Crippen LogP contribution is -2.58. The second-order valence-electron chi connectivity index (χ2n) is 7.81. The molecule has 180 valence electrons. The highest BCUT2D eigenvalue weighted by atomic mass is 19.4. The first-order chi connectivity index (χ1) is 15.9. The average molecular weight is 477 g/mol. The molecule has 1 heterocycles. The van der Waals surface area contributed by atoms with Gasteiger partial charge in [-0.25, -0.2) is 4.79 Å². The van der Waals surface area contributed by atoms with Gasteiger partial charge in [-0.2, -0.15) is 13.2 Å². The Balaban J connectivity index is 0.000000406. The summed E-state index contributed by atoms with van der Waals surface area (Å²) in [5.41, 5.74) is 8.07. The van der Waals surface area contributed by atoms with E-state index in [1.165, 1.54) is 0 Å². The second-order valence-corrected chi connectivity index (χ2v) is 7.81. The second kappa shape index (κ2) is 9.74. The molecule has 1 saturated heterocycles. The lowest BCUT2D eigenvalue weighted by molar-refractivity contribution is -0.192. The Kier molecular flexibility index (Phi) is 7.18. The molecule has 4 N–H and O–H groups in total. The highest BCUT2D eigenvalue weighted by molar-refractivity contribution is 6.30. The number of carboxylic acid groups (broad SMARTS) is 1. The van der Waals surface area contributed by atoms with Gasteiger partial charge in [-0.05, 0) is 13.0 Å². The van der Waals surface area contributed by atoms with Gasteiger partial charge in [-0.1, -0.05) is 36.4 Å². The van der Waals surface area contributed by atoms with Crippen LogP contribution in [0.2, 0.25) is 0 Å². The Hall–Kier alpha value is -3.57. The Labute approximate surface area is 192 Å². The van der Waals surface area contributed by atoms with Gasteiger partial charge >= 0.3 is 12.1 Å². The van der Waals surface area contributed by atoms with Gasteiger partial charge in [0.15, 0.2) is 17.3 Å². The van der Waals surface area contributed by atoms with E-state index < -0.39 is 24.2 Å². The van der Waals surface area contributed by atoms with Crippen molar-refractivity contribution in [3.05, 3.63) is 64.7 Å². The SMILES string of the molecule is C[C@H](N)C(=O)C1CNCCN1c1cccc2c1C(=O)c1ccccc1C2=O.O=C(O)C(F)(F)F. The number of aliphatic carboxylic acids is 1. The van der Waals surface area contributed by atoms with Crippen LogP contribution < -0.4 is 16.0 Å². The molecule has 34 heavy (non-hydrogen) atoms. The lowest BCUT2D eigenvalue weighted by atomic mass is 9.82. The minimum absolute atomic E-state index is 0.0882. The molecule has 4 rings (SSSR count). The van der Waals surface area contributed by atoms with Crippen molar-refractivity contribution >= 4 is 29.0 Å². The maximum Gasteiger partial charge on any atom is 0.490 e. The summed E-state index contributed by atoms with van der Waals surface area (Å²) in [5, 5.41) is 10.3. The van der Waals surface area contributed by atoms with Crippen LogP contribution in [0.4, 0.5) is 18.9 Å². The van der Waals surface area contributed by atoms with Crippen LogP contribution in [0, 0.1) is 0 Å². The molecule has 0 spiro atoms. The van der Waals surface area contributed by atoms with E-state index in [2.05, 4.69) is 5.32 Å². The number of nitrogens with one attached hydrogen (secondary N) is 1. The zero-order valence-corrected chi connectivity index (χ0v) is 18.1. The van der Waals surface area contributed by atoms with E-state index in [9.17, 15) is 27.6 Å². The molecule has 0 aromatic heterocycles. The summed E-state index contributed by atoms with van der Waals surface area (Å²) in [6.07, 6.45) is -5.08. The number of anilines is 1. The Morgan fingerprint density at radius 3 is 2.18 bits per heavy atom. The molecule has 8 nitrogen and oxygen atoms in total. The van der Waals surface area contributed by atoms with Crippen LogP contribution in [-0.2, 0) is 9.59 Å². The van der Waals surface area contributed by atoms with Crippen molar-refractivity contribution < 1.29 is 37.5 Å². The van der Waals surface area contributed by atoms with E-state index in [-0.39, 0.29) is 17.3 Å². The lowest BCUT2D eigenvalue weighted by Gasteiger charge is -2.39. The molecule has 1 aliphatic heterocycles. The minimum Gasteiger partial charge on any atom is -0.475 e. The van der Waals surface area contributed by atoms with E-state index in [0.29, 0.717) is 47.6 Å². The van der Waals surface area contributed by atoms with Crippen molar-refractivity contribution in [1.82, 2.24) is 5.32 Å². The molecule has 2 aromatic rings. The number of carbonyl (C=O) groups is 4. The number of piperazine rings is 1. The van der Waals surface area contributed by atoms with Crippen molar-refractivity contribution in [3.63, 3.8) is 0 Å². The van der Waals surface area contributed by atoms with E-state index in [4.69, 9.17) is 15.6 Å². The molecular formula is C23H22F3N3O5. The summed E-state index contributed by atoms with van der Waals surface area (Å²) in [6.45, 7) is 3.37. The summed E-state index contributed by atoms with van der Waals surface area (Å²) in [5.74, 6) is -3.18. The standard InChI is InChI=1S/C21H21N3O3.C2HF3O2/c1-12(22)19(25)17-11-23-9-10-24(17)16-8-4-7-15-18(16)21(27)14-6-3-2-5-13(14)20(15)26;3-2(4,5)1(6)7/h2-8,12,17,23H,9-11,22H2,1H3;(H,6,7)/t12-,17?;/m0./s1. The van der Waals surface area contributed by atoms with Crippen LogP contribution in [0.15, 0.2) is 42.5 Å².